The van der Waals surface area contributed by atoms with Crippen LogP contribution >= 0.6 is 0 Å². The van der Waals surface area contributed by atoms with Crippen LogP contribution in [0.5, 0.6) is 0 Å². The first-order chi connectivity index (χ1) is 1.73. The van der Waals surface area contributed by atoms with Crippen LogP contribution < -0.4 is 24.0 Å². The van der Waals surface area contributed by atoms with Crippen molar-refractivity contribution in [2.24, 2.45) is 0 Å². The topological polar surface area (TPSA) is 0 Å². The van der Waals surface area contributed by atoms with Gasteiger partial charge in [0.15, 0.2) is 0 Å². The van der Waals surface area contributed by atoms with Crippen molar-refractivity contribution in [3.8, 4) is 0 Å². The molecule has 0 fully saturated rings. The predicted molar refractivity (Wildman–Crippen MR) is 17.6 cm³/mol. The van der Waals surface area contributed by atoms with Crippen molar-refractivity contribution >= 4 is 0 Å². The summed E-state index contributed by atoms with van der Waals surface area (Å²) in [7, 11) is 0. The maximum atomic E-state index is 2.32. The molecule has 0 aliphatic rings. The van der Waals surface area contributed by atoms with Gasteiger partial charge in [-0.05, 0) is 0 Å². The molecule has 0 bridgehead atoms. The molecule has 0 aliphatic carbocycles. The Labute approximate surface area is 56.9 Å². The second-order valence-corrected chi connectivity index (χ2v) is 7.77. The van der Waals surface area contributed by atoms with Crippen molar-refractivity contribution in [1.82, 2.24) is 0 Å². The van der Waals surface area contributed by atoms with Crippen LogP contribution in [0.4, 0.5) is 0 Å². The van der Waals surface area contributed by atoms with E-state index in [1.165, 1.54) is 0 Å². The SMILES string of the molecule is [CH3][Pt+]([CH3])[CH3].[I+]. The van der Waals surface area contributed by atoms with E-state index in [0.29, 0.717) is 0 Å². The molecular formula is C3H9IPt+2. The van der Waals surface area contributed by atoms with Crippen LogP contribution in [0.3, 0.4) is 0 Å². The zero-order valence-corrected chi connectivity index (χ0v) is 8.12. The quantitative estimate of drug-likeness (QED) is 0.470. The average Bonchev–Trinajstić information content (AvgIpc) is 0.811. The molecule has 0 aromatic carbocycles. The van der Waals surface area contributed by atoms with E-state index in [1.807, 2.05) is 0 Å². The minimum atomic E-state index is -0.269. The number of hydrogen-bond donors (Lipinski definition) is 0. The third-order valence-electron chi connectivity index (χ3n) is 0. The molecule has 0 aromatic heterocycles. The van der Waals surface area contributed by atoms with Crippen LogP contribution in [0.1, 0.15) is 0 Å². The summed E-state index contributed by atoms with van der Waals surface area (Å²) < 4.78 is 0. The van der Waals surface area contributed by atoms with Gasteiger partial charge in [0.1, 0.15) is 0 Å². The van der Waals surface area contributed by atoms with Gasteiger partial charge < -0.3 is 0 Å². The van der Waals surface area contributed by atoms with Crippen LogP contribution in [0.2, 0.25) is 15.9 Å². The van der Waals surface area contributed by atoms with E-state index >= 15 is 0 Å². The molecule has 2 radical (unpaired) electrons. The Morgan fingerprint density at radius 2 is 1.00 bits per heavy atom. The molecule has 0 nitrogen and oxygen atoms in total. The largest absolute Gasteiger partial charge is 1.00 e. The molecule has 0 amide bonds. The molecule has 0 atom stereocenters. The van der Waals surface area contributed by atoms with Gasteiger partial charge in [-0.1, -0.05) is 0 Å². The zero-order valence-electron chi connectivity index (χ0n) is 3.69. The minimum Gasteiger partial charge on any atom is 1.00 e. The fraction of sp³-hybridized carbons (Fsp3) is 1.00. The molecule has 5 heavy (non-hydrogen) atoms. The number of halogens is 1. The van der Waals surface area contributed by atoms with E-state index in [1.54, 1.807) is 0 Å². The molecule has 0 N–H and O–H groups in total. The fourth-order valence-corrected chi connectivity index (χ4v) is 0. The molecule has 0 rings (SSSR count). The van der Waals surface area contributed by atoms with E-state index in [4.69, 9.17) is 0 Å². The third kappa shape index (κ3) is 31.5. The summed E-state index contributed by atoms with van der Waals surface area (Å²) in [6.07, 6.45) is 0. The fourth-order valence-electron chi connectivity index (χ4n) is 0. The Morgan fingerprint density at radius 1 is 1.00 bits per heavy atom. The van der Waals surface area contributed by atoms with Crippen LogP contribution in [-0.2, 0) is 17.3 Å². The molecule has 0 saturated carbocycles. The van der Waals surface area contributed by atoms with Crippen molar-refractivity contribution in [3.05, 3.63) is 0 Å². The summed E-state index contributed by atoms with van der Waals surface area (Å²) in [5.74, 6) is 0. The minimum absolute atomic E-state index is 0. The Bertz CT molecular complexity index is 11.6. The smallest absolute Gasteiger partial charge is 1.00 e. The van der Waals surface area contributed by atoms with Gasteiger partial charge in [0.25, 0.3) is 0 Å². The molecule has 2 heteroatoms. The first-order valence-electron chi connectivity index (χ1n) is 0.949. The second kappa shape index (κ2) is 5.42. The first kappa shape index (κ1) is 9.65. The summed E-state index contributed by atoms with van der Waals surface area (Å²) in [6.45, 7) is 0. The third-order valence-corrected chi connectivity index (χ3v) is 0. The maximum Gasteiger partial charge on any atom is 1.00 e. The van der Waals surface area contributed by atoms with Gasteiger partial charge in [0, 0.05) is 0 Å². The van der Waals surface area contributed by atoms with Crippen LogP contribution in [0.25, 0.3) is 0 Å². The standard InChI is InChI=1S/3CH3.I.Pt/h3*1H3;;/q;;;2*+1. The molecule has 0 unspecified atom stereocenters. The molecule has 0 aliphatic heterocycles. The number of rotatable bonds is 0. The average molecular weight is 367 g/mol. The van der Waals surface area contributed by atoms with Crippen molar-refractivity contribution in [2.45, 2.75) is 15.9 Å². The van der Waals surface area contributed by atoms with E-state index in [9.17, 15) is 0 Å². The van der Waals surface area contributed by atoms with Gasteiger partial charge in [-0.3, -0.25) is 0 Å². The number of hydrogen-bond acceptors (Lipinski definition) is 0. The molecular weight excluding hydrogens is 358 g/mol. The maximum absolute atomic E-state index is 2.32. The monoisotopic (exact) mass is 367 g/mol. The first-order valence-corrected chi connectivity index (χ1v) is 7.77. The zero-order chi connectivity index (χ0) is 3.58. The summed E-state index contributed by atoms with van der Waals surface area (Å²) in [4.78, 5) is 0. The molecule has 0 aromatic rings. The Kier molecular flexibility index (Phi) is 10.5. The normalized spacial score (nSPS) is 9.00. The summed E-state index contributed by atoms with van der Waals surface area (Å²) in [5.41, 5.74) is 0. The van der Waals surface area contributed by atoms with Crippen LogP contribution in [0, 0.1) is 0 Å². The Balaban J connectivity index is 0. The van der Waals surface area contributed by atoms with E-state index in [0.717, 1.165) is 0 Å². The van der Waals surface area contributed by atoms with Gasteiger partial charge in [-0.25, -0.2) is 0 Å². The van der Waals surface area contributed by atoms with E-state index in [2.05, 4.69) is 15.9 Å². The Hall–Kier alpha value is 1.42. The van der Waals surface area contributed by atoms with E-state index in [-0.39, 0.29) is 41.3 Å². The van der Waals surface area contributed by atoms with Crippen molar-refractivity contribution < 1.29 is 41.3 Å². The molecule has 0 heterocycles. The van der Waals surface area contributed by atoms with Gasteiger partial charge >= 0.3 is 57.2 Å². The van der Waals surface area contributed by atoms with Crippen molar-refractivity contribution in [3.63, 3.8) is 0 Å². The van der Waals surface area contributed by atoms with Crippen molar-refractivity contribution in [1.29, 1.82) is 0 Å². The van der Waals surface area contributed by atoms with Gasteiger partial charge in [0.05, 0.1) is 0 Å². The summed E-state index contributed by atoms with van der Waals surface area (Å²) >= 11 is -0.269. The van der Waals surface area contributed by atoms with E-state index < -0.39 is 0 Å². The van der Waals surface area contributed by atoms with Crippen LogP contribution in [0.15, 0.2) is 0 Å². The Morgan fingerprint density at radius 3 is 1.00 bits per heavy atom. The van der Waals surface area contributed by atoms with Gasteiger partial charge in [0.2, 0.25) is 0 Å². The van der Waals surface area contributed by atoms with Crippen LogP contribution in [-0.4, -0.2) is 0 Å². The van der Waals surface area contributed by atoms with Gasteiger partial charge in [-0.15, -0.1) is 0 Å². The predicted octanol–water partition coefficient (Wildman–Crippen LogP) is -1.25. The second-order valence-electron chi connectivity index (χ2n) is 0.949. The molecule has 0 saturated heterocycles. The summed E-state index contributed by atoms with van der Waals surface area (Å²) in [6, 6.07) is 0. The molecule has 0 spiro atoms. The molecule has 36 valence electrons. The summed E-state index contributed by atoms with van der Waals surface area (Å²) in [5, 5.41) is 6.97. The van der Waals surface area contributed by atoms with Crippen molar-refractivity contribution in [2.75, 3.05) is 0 Å². The van der Waals surface area contributed by atoms with Gasteiger partial charge in [-0.2, -0.15) is 0 Å².